The van der Waals surface area contributed by atoms with Crippen LogP contribution in [0.1, 0.15) is 50.5 Å². The van der Waals surface area contributed by atoms with E-state index in [4.69, 9.17) is 4.74 Å². The van der Waals surface area contributed by atoms with Crippen molar-refractivity contribution in [2.24, 2.45) is 11.3 Å². The van der Waals surface area contributed by atoms with Crippen LogP contribution in [0.2, 0.25) is 0 Å². The number of carboxylic acid groups (broad SMARTS) is 1. The van der Waals surface area contributed by atoms with Crippen molar-refractivity contribution in [1.82, 2.24) is 20.0 Å². The molecule has 1 saturated carbocycles. The number of para-hydroxylation sites is 1. The maximum Gasteiger partial charge on any atom is 0.357 e. The molecule has 2 heterocycles. The molecule has 1 aromatic carbocycles. The Balaban J connectivity index is 1.51. The smallest absolute Gasteiger partial charge is 0.357 e. The second kappa shape index (κ2) is 8.78. The van der Waals surface area contributed by atoms with Gasteiger partial charge in [0.15, 0.2) is 5.69 Å². The fourth-order valence-electron chi connectivity index (χ4n) is 5.05. The van der Waals surface area contributed by atoms with E-state index in [1.807, 2.05) is 0 Å². The highest BCUT2D eigenvalue weighted by Gasteiger charge is 2.56. The molecule has 9 heteroatoms. The molecule has 2 fully saturated rings. The Bertz CT molecular complexity index is 1070. The third-order valence-electron chi connectivity index (χ3n) is 6.41. The van der Waals surface area contributed by atoms with Crippen LogP contribution in [-0.4, -0.2) is 69.4 Å². The van der Waals surface area contributed by atoms with Gasteiger partial charge < -0.3 is 20.1 Å². The van der Waals surface area contributed by atoms with Gasteiger partial charge in [-0.05, 0) is 36.7 Å². The summed E-state index contributed by atoms with van der Waals surface area (Å²) in [6.07, 6.45) is 2.31. The Hall–Kier alpha value is -2.94. The zero-order chi connectivity index (χ0) is 23.9. The topological polar surface area (TPSA) is 114 Å². The molecule has 0 spiro atoms. The molecular formula is C24H32N4O5. The Morgan fingerprint density at radius 3 is 2.64 bits per heavy atom. The number of benzene rings is 1. The zero-order valence-corrected chi connectivity index (χ0v) is 19.6. The van der Waals surface area contributed by atoms with Crippen molar-refractivity contribution in [3.63, 3.8) is 0 Å². The minimum absolute atomic E-state index is 0.0206. The normalized spacial score (nSPS) is 22.8. The number of carbonyl (C=O) groups excluding carboxylic acids is 2. The molecule has 178 valence electrons. The maximum absolute atomic E-state index is 13.3. The number of nitrogens with zero attached hydrogens (tertiary/aromatic N) is 3. The van der Waals surface area contributed by atoms with Crippen molar-refractivity contribution >= 4 is 28.7 Å². The van der Waals surface area contributed by atoms with E-state index in [2.05, 4.69) is 31.2 Å². The van der Waals surface area contributed by atoms with Crippen LogP contribution < -0.4 is 5.32 Å². The van der Waals surface area contributed by atoms with Gasteiger partial charge in [-0.25, -0.2) is 4.79 Å². The number of carbonyl (C=O) groups is 3. The summed E-state index contributed by atoms with van der Waals surface area (Å²) in [4.78, 5) is 39.8. The van der Waals surface area contributed by atoms with Crippen molar-refractivity contribution in [2.75, 3.05) is 13.7 Å². The number of carboxylic acids is 1. The monoisotopic (exact) mass is 456 g/mol. The van der Waals surface area contributed by atoms with Crippen LogP contribution >= 0.6 is 0 Å². The van der Waals surface area contributed by atoms with E-state index in [1.165, 1.54) is 4.68 Å². The summed E-state index contributed by atoms with van der Waals surface area (Å²) >= 11 is 0. The second-order valence-corrected chi connectivity index (χ2v) is 10.4. The number of aromatic nitrogens is 2. The first-order valence-corrected chi connectivity index (χ1v) is 11.4. The average Bonchev–Trinajstić information content (AvgIpc) is 3.23. The van der Waals surface area contributed by atoms with Crippen LogP contribution in [0.25, 0.3) is 10.9 Å². The average molecular weight is 457 g/mol. The van der Waals surface area contributed by atoms with Crippen LogP contribution in [0.5, 0.6) is 0 Å². The summed E-state index contributed by atoms with van der Waals surface area (Å²) in [7, 11) is 1.61. The lowest BCUT2D eigenvalue weighted by Crippen LogP contribution is -2.52. The number of rotatable bonds is 8. The Kier molecular flexibility index (Phi) is 6.18. The highest BCUT2D eigenvalue weighted by Crippen LogP contribution is 2.48. The first-order valence-electron chi connectivity index (χ1n) is 11.4. The minimum atomic E-state index is -1.14. The second-order valence-electron chi connectivity index (χ2n) is 10.4. The van der Waals surface area contributed by atoms with E-state index < -0.39 is 12.0 Å². The van der Waals surface area contributed by atoms with E-state index in [1.54, 1.807) is 36.3 Å². The lowest BCUT2D eigenvalue weighted by atomic mass is 9.88. The van der Waals surface area contributed by atoms with Gasteiger partial charge in [0.1, 0.15) is 12.6 Å². The minimum Gasteiger partial charge on any atom is -0.476 e. The highest BCUT2D eigenvalue weighted by molar-refractivity contribution is 6.01. The number of hydrogen-bond donors (Lipinski definition) is 2. The molecule has 2 aliphatic rings. The van der Waals surface area contributed by atoms with Crippen LogP contribution in [0.4, 0.5) is 0 Å². The summed E-state index contributed by atoms with van der Waals surface area (Å²) in [6, 6.07) is 6.36. The molecule has 33 heavy (non-hydrogen) atoms. The van der Waals surface area contributed by atoms with Crippen molar-refractivity contribution in [3.8, 4) is 0 Å². The number of piperidine rings is 1. The quantitative estimate of drug-likeness (QED) is 0.630. The predicted octanol–water partition coefficient (Wildman–Crippen LogP) is 2.29. The standard InChI is InChI=1S/C24H32N4O5/c1-24(2,3)11-15(13-33-4)25-22(30)19-10-14-9-18(14)28(19)20(29)12-27-17-8-6-5-7-16(17)21(26-27)23(31)32/h5-8,14-15,18-19H,9-13H2,1-4H3,(H,25,30)(H,31,32)/t14-,15+,18-,19+/m1/s1. The van der Waals surface area contributed by atoms with E-state index >= 15 is 0 Å². The molecule has 9 nitrogen and oxygen atoms in total. The summed E-state index contributed by atoms with van der Waals surface area (Å²) in [5.41, 5.74) is 0.524. The third-order valence-corrected chi connectivity index (χ3v) is 6.41. The van der Waals surface area contributed by atoms with Crippen molar-refractivity contribution in [2.45, 2.75) is 64.7 Å². The van der Waals surface area contributed by atoms with Gasteiger partial charge >= 0.3 is 5.97 Å². The van der Waals surface area contributed by atoms with Gasteiger partial charge in [-0.2, -0.15) is 5.10 Å². The Labute approximate surface area is 193 Å². The first kappa shape index (κ1) is 23.2. The molecule has 1 saturated heterocycles. The van der Waals surface area contributed by atoms with Gasteiger partial charge in [0, 0.05) is 18.5 Å². The lowest BCUT2D eigenvalue weighted by Gasteiger charge is -2.31. The van der Waals surface area contributed by atoms with E-state index in [0.717, 1.165) is 12.8 Å². The Morgan fingerprint density at radius 2 is 1.97 bits per heavy atom. The number of fused-ring (bicyclic) bond motifs is 2. The number of likely N-dealkylation sites (tertiary alicyclic amines) is 1. The number of nitrogens with one attached hydrogen (secondary N) is 1. The van der Waals surface area contributed by atoms with Gasteiger partial charge in [0.05, 0.1) is 18.2 Å². The van der Waals surface area contributed by atoms with Gasteiger partial charge in [0.2, 0.25) is 11.8 Å². The van der Waals surface area contributed by atoms with E-state index in [9.17, 15) is 19.5 Å². The predicted molar refractivity (Wildman–Crippen MR) is 122 cm³/mol. The van der Waals surface area contributed by atoms with E-state index in [-0.39, 0.29) is 41.6 Å². The van der Waals surface area contributed by atoms with Crippen molar-refractivity contribution in [3.05, 3.63) is 30.0 Å². The number of ether oxygens (including phenoxy) is 1. The molecule has 1 aliphatic heterocycles. The highest BCUT2D eigenvalue weighted by atomic mass is 16.5. The molecular weight excluding hydrogens is 424 g/mol. The molecule has 2 aromatic rings. The summed E-state index contributed by atoms with van der Waals surface area (Å²) < 4.78 is 6.73. The summed E-state index contributed by atoms with van der Waals surface area (Å²) in [5, 5.41) is 17.2. The molecule has 2 N–H and O–H groups in total. The molecule has 2 amide bonds. The SMILES string of the molecule is COC[C@H](CC(C)(C)C)NC(=O)[C@@H]1C[C@H]2C[C@H]2N1C(=O)Cn1nc(C(=O)O)c2ccccc21. The molecule has 0 radical (unpaired) electrons. The lowest BCUT2D eigenvalue weighted by molar-refractivity contribution is -0.140. The number of aromatic carboxylic acids is 1. The number of hydrogen-bond acceptors (Lipinski definition) is 5. The molecule has 1 aromatic heterocycles. The van der Waals surface area contributed by atoms with Crippen LogP contribution in [0.15, 0.2) is 24.3 Å². The van der Waals surface area contributed by atoms with Crippen LogP contribution in [-0.2, 0) is 20.9 Å². The third kappa shape index (κ3) is 4.88. The number of amides is 2. The van der Waals surface area contributed by atoms with E-state index in [0.29, 0.717) is 29.8 Å². The Morgan fingerprint density at radius 1 is 1.24 bits per heavy atom. The molecule has 4 atom stereocenters. The fourth-order valence-corrected chi connectivity index (χ4v) is 5.05. The van der Waals surface area contributed by atoms with Gasteiger partial charge in [-0.1, -0.05) is 39.0 Å². The largest absolute Gasteiger partial charge is 0.476 e. The maximum atomic E-state index is 13.3. The van der Waals surface area contributed by atoms with Crippen LogP contribution in [0, 0.1) is 11.3 Å². The van der Waals surface area contributed by atoms with Gasteiger partial charge in [-0.3, -0.25) is 14.3 Å². The molecule has 1 aliphatic carbocycles. The van der Waals surface area contributed by atoms with Crippen LogP contribution in [0.3, 0.4) is 0 Å². The summed E-state index contributed by atoms with van der Waals surface area (Å²) in [5.74, 6) is -1.17. The zero-order valence-electron chi connectivity index (χ0n) is 19.6. The number of methoxy groups -OCH3 is 1. The summed E-state index contributed by atoms with van der Waals surface area (Å²) in [6.45, 7) is 6.64. The molecule has 4 rings (SSSR count). The van der Waals surface area contributed by atoms with Crippen molar-refractivity contribution in [1.29, 1.82) is 0 Å². The fraction of sp³-hybridized carbons (Fsp3) is 0.583. The van der Waals surface area contributed by atoms with Crippen molar-refractivity contribution < 1.29 is 24.2 Å². The molecule has 0 bridgehead atoms. The molecule has 0 unspecified atom stereocenters. The first-order chi connectivity index (χ1) is 15.6. The van der Waals surface area contributed by atoms with Gasteiger partial charge in [0.25, 0.3) is 0 Å². The van der Waals surface area contributed by atoms with Gasteiger partial charge in [-0.15, -0.1) is 0 Å².